The third-order valence-corrected chi connectivity index (χ3v) is 3.40. The molecule has 1 unspecified atom stereocenters. The average Bonchev–Trinajstić information content (AvgIpc) is 2.90. The normalized spacial score (nSPS) is 18.3. The van der Waals surface area contributed by atoms with E-state index in [9.17, 15) is 4.79 Å². The number of hydrogen-bond acceptors (Lipinski definition) is 5. The Kier molecular flexibility index (Phi) is 4.27. The summed E-state index contributed by atoms with van der Waals surface area (Å²) in [5, 5.41) is 0. The molecule has 0 spiro atoms. The topological polar surface area (TPSA) is 64.8 Å². The van der Waals surface area contributed by atoms with Crippen LogP contribution in [0, 0.1) is 0 Å². The van der Waals surface area contributed by atoms with E-state index < -0.39 is 5.97 Å². The average molecular weight is 264 g/mol. The molecule has 1 aliphatic rings. The molecular formula is C14H20N2O3. The molecule has 1 aromatic rings. The van der Waals surface area contributed by atoms with Crippen LogP contribution in [0.25, 0.3) is 0 Å². The van der Waals surface area contributed by atoms with Gasteiger partial charge in [-0.25, -0.2) is 4.79 Å². The number of para-hydroxylation sites is 1. The number of likely N-dealkylation sites (N-methyl/N-ethyl adjacent to an activating group) is 1. The molecule has 1 aliphatic heterocycles. The van der Waals surface area contributed by atoms with Gasteiger partial charge in [-0.3, -0.25) is 0 Å². The zero-order valence-corrected chi connectivity index (χ0v) is 11.4. The Morgan fingerprint density at radius 1 is 1.58 bits per heavy atom. The van der Waals surface area contributed by atoms with Crippen LogP contribution in [0.1, 0.15) is 23.2 Å². The third kappa shape index (κ3) is 2.98. The Morgan fingerprint density at radius 2 is 2.37 bits per heavy atom. The summed E-state index contributed by atoms with van der Waals surface area (Å²) in [7, 11) is 3.30. The number of nitrogens with two attached hydrogens (primary N) is 1. The molecule has 1 saturated heterocycles. The number of rotatable bonds is 4. The van der Waals surface area contributed by atoms with Gasteiger partial charge >= 0.3 is 5.97 Å². The van der Waals surface area contributed by atoms with Crippen LogP contribution in [0.3, 0.4) is 0 Å². The molecule has 0 saturated carbocycles. The molecule has 1 atom stereocenters. The molecule has 0 aliphatic carbocycles. The van der Waals surface area contributed by atoms with Gasteiger partial charge in [0.1, 0.15) is 0 Å². The Labute approximate surface area is 113 Å². The van der Waals surface area contributed by atoms with Crippen molar-refractivity contribution in [1.29, 1.82) is 0 Å². The van der Waals surface area contributed by atoms with Crippen LogP contribution in [-0.4, -0.2) is 39.4 Å². The zero-order chi connectivity index (χ0) is 13.8. The molecule has 1 aromatic carbocycles. The number of carbonyl (C=O) groups is 1. The Hall–Kier alpha value is -1.75. The van der Waals surface area contributed by atoms with E-state index in [4.69, 9.17) is 15.2 Å². The molecule has 0 amide bonds. The minimum absolute atomic E-state index is 0.242. The van der Waals surface area contributed by atoms with Crippen LogP contribution >= 0.6 is 0 Å². The van der Waals surface area contributed by atoms with Crippen molar-refractivity contribution in [2.75, 3.05) is 37.9 Å². The van der Waals surface area contributed by atoms with Crippen molar-refractivity contribution in [2.24, 2.45) is 0 Å². The summed E-state index contributed by atoms with van der Waals surface area (Å²) in [5.74, 6) is -0.412. The van der Waals surface area contributed by atoms with Crippen LogP contribution in [0.5, 0.6) is 0 Å². The summed E-state index contributed by atoms with van der Waals surface area (Å²) in [4.78, 5) is 13.6. The monoisotopic (exact) mass is 264 g/mol. The molecule has 0 bridgehead atoms. The lowest BCUT2D eigenvalue weighted by molar-refractivity contribution is 0.0602. The Bertz CT molecular complexity index is 456. The summed E-state index contributed by atoms with van der Waals surface area (Å²) in [6, 6.07) is 5.38. The van der Waals surface area contributed by atoms with Gasteiger partial charge in [-0.1, -0.05) is 6.07 Å². The second-order valence-corrected chi connectivity index (χ2v) is 4.75. The first-order valence-electron chi connectivity index (χ1n) is 6.43. The standard InChI is InChI=1S/C14H20N2O3/c1-16(9-10-5-4-8-19-10)12-7-3-6-11(13(12)15)14(17)18-2/h3,6-7,10H,4-5,8-9,15H2,1-2H3. The fourth-order valence-corrected chi connectivity index (χ4v) is 2.37. The molecule has 1 heterocycles. The molecule has 5 nitrogen and oxygen atoms in total. The maximum absolute atomic E-state index is 11.6. The summed E-state index contributed by atoms with van der Waals surface area (Å²) >= 11 is 0. The first kappa shape index (κ1) is 13.7. The predicted octanol–water partition coefficient (Wildman–Crippen LogP) is 1.67. The van der Waals surface area contributed by atoms with Crippen molar-refractivity contribution >= 4 is 17.3 Å². The van der Waals surface area contributed by atoms with Gasteiger partial charge in [0, 0.05) is 20.2 Å². The molecule has 19 heavy (non-hydrogen) atoms. The largest absolute Gasteiger partial charge is 0.465 e. The number of anilines is 2. The van der Waals surface area contributed by atoms with Crippen molar-refractivity contribution in [3.8, 4) is 0 Å². The van der Waals surface area contributed by atoms with E-state index in [1.807, 2.05) is 24.1 Å². The smallest absolute Gasteiger partial charge is 0.340 e. The van der Waals surface area contributed by atoms with Crippen LogP contribution < -0.4 is 10.6 Å². The third-order valence-electron chi connectivity index (χ3n) is 3.40. The fraction of sp³-hybridized carbons (Fsp3) is 0.500. The van der Waals surface area contributed by atoms with Gasteiger partial charge in [0.2, 0.25) is 0 Å². The van der Waals surface area contributed by atoms with Gasteiger partial charge in [0.25, 0.3) is 0 Å². The Balaban J connectivity index is 2.16. The first-order chi connectivity index (χ1) is 9.13. The number of nitrogens with zero attached hydrogens (tertiary/aromatic N) is 1. The van der Waals surface area contributed by atoms with E-state index in [-0.39, 0.29) is 6.10 Å². The van der Waals surface area contributed by atoms with Crippen molar-refractivity contribution in [3.63, 3.8) is 0 Å². The van der Waals surface area contributed by atoms with Crippen LogP contribution in [0.2, 0.25) is 0 Å². The number of hydrogen-bond donors (Lipinski definition) is 1. The lowest BCUT2D eigenvalue weighted by Crippen LogP contribution is -2.29. The van der Waals surface area contributed by atoms with E-state index in [1.165, 1.54) is 7.11 Å². The highest BCUT2D eigenvalue weighted by atomic mass is 16.5. The molecular weight excluding hydrogens is 244 g/mol. The van der Waals surface area contributed by atoms with Crippen molar-refractivity contribution in [3.05, 3.63) is 23.8 Å². The second-order valence-electron chi connectivity index (χ2n) is 4.75. The quantitative estimate of drug-likeness (QED) is 0.662. The highest BCUT2D eigenvalue weighted by Crippen LogP contribution is 2.27. The summed E-state index contributed by atoms with van der Waals surface area (Å²) in [6.45, 7) is 1.60. The molecule has 0 radical (unpaired) electrons. The number of carbonyl (C=O) groups excluding carboxylic acids is 1. The van der Waals surface area contributed by atoms with E-state index in [0.29, 0.717) is 11.3 Å². The number of nitrogen functional groups attached to an aromatic ring is 1. The summed E-state index contributed by atoms with van der Waals surface area (Å²) < 4.78 is 10.3. The molecule has 5 heteroatoms. The van der Waals surface area contributed by atoms with Gasteiger partial charge in [0.15, 0.2) is 0 Å². The first-order valence-corrected chi connectivity index (χ1v) is 6.43. The Morgan fingerprint density at radius 3 is 3.00 bits per heavy atom. The van der Waals surface area contributed by atoms with Gasteiger partial charge in [-0.15, -0.1) is 0 Å². The lowest BCUT2D eigenvalue weighted by atomic mass is 10.1. The number of methoxy groups -OCH3 is 1. The SMILES string of the molecule is COC(=O)c1cccc(N(C)CC2CCCO2)c1N. The minimum atomic E-state index is -0.412. The van der Waals surface area contributed by atoms with Crippen molar-refractivity contribution in [1.82, 2.24) is 0 Å². The zero-order valence-electron chi connectivity index (χ0n) is 11.4. The minimum Gasteiger partial charge on any atom is -0.465 e. The van der Waals surface area contributed by atoms with E-state index in [2.05, 4.69) is 0 Å². The molecule has 2 N–H and O–H groups in total. The van der Waals surface area contributed by atoms with Gasteiger partial charge in [0.05, 0.1) is 30.2 Å². The maximum atomic E-state index is 11.6. The summed E-state index contributed by atoms with van der Waals surface area (Å²) in [5.41, 5.74) is 7.74. The highest BCUT2D eigenvalue weighted by Gasteiger charge is 2.20. The fourth-order valence-electron chi connectivity index (χ4n) is 2.37. The van der Waals surface area contributed by atoms with Gasteiger partial charge in [-0.2, -0.15) is 0 Å². The lowest BCUT2D eigenvalue weighted by Gasteiger charge is -2.24. The van der Waals surface area contributed by atoms with E-state index in [0.717, 1.165) is 31.7 Å². The number of ether oxygens (including phenoxy) is 2. The van der Waals surface area contributed by atoms with Crippen LogP contribution in [-0.2, 0) is 9.47 Å². The van der Waals surface area contributed by atoms with E-state index >= 15 is 0 Å². The molecule has 0 aromatic heterocycles. The molecule has 104 valence electrons. The van der Waals surface area contributed by atoms with Gasteiger partial charge in [-0.05, 0) is 25.0 Å². The number of esters is 1. The van der Waals surface area contributed by atoms with Crippen LogP contribution in [0.4, 0.5) is 11.4 Å². The van der Waals surface area contributed by atoms with E-state index in [1.54, 1.807) is 6.07 Å². The van der Waals surface area contributed by atoms with Crippen LogP contribution in [0.15, 0.2) is 18.2 Å². The van der Waals surface area contributed by atoms with Crippen molar-refractivity contribution < 1.29 is 14.3 Å². The molecule has 2 rings (SSSR count). The van der Waals surface area contributed by atoms with Crippen molar-refractivity contribution in [2.45, 2.75) is 18.9 Å². The highest BCUT2D eigenvalue weighted by molar-refractivity contribution is 5.98. The number of benzene rings is 1. The second kappa shape index (κ2) is 5.93. The van der Waals surface area contributed by atoms with Gasteiger partial charge < -0.3 is 20.1 Å². The maximum Gasteiger partial charge on any atom is 0.340 e. The molecule has 1 fully saturated rings. The predicted molar refractivity (Wildman–Crippen MR) is 74.4 cm³/mol. The summed E-state index contributed by atoms with van der Waals surface area (Å²) in [6.07, 6.45) is 2.42.